The van der Waals surface area contributed by atoms with Gasteiger partial charge in [-0.1, -0.05) is 31.1 Å². The minimum Gasteiger partial charge on any atom is -0.361 e. The van der Waals surface area contributed by atoms with Gasteiger partial charge in [-0.25, -0.2) is 0 Å². The fourth-order valence-corrected chi connectivity index (χ4v) is 3.32. The highest BCUT2D eigenvalue weighted by molar-refractivity contribution is 5.76. The molecule has 28 heavy (non-hydrogen) atoms. The van der Waals surface area contributed by atoms with Crippen LogP contribution in [0.2, 0.25) is 0 Å². The van der Waals surface area contributed by atoms with Crippen LogP contribution in [-0.2, 0) is 23.2 Å². The van der Waals surface area contributed by atoms with Crippen LogP contribution in [0.1, 0.15) is 62.3 Å². The van der Waals surface area contributed by atoms with Gasteiger partial charge in [-0.15, -0.1) is 0 Å². The summed E-state index contributed by atoms with van der Waals surface area (Å²) in [5.41, 5.74) is 1.99. The lowest BCUT2D eigenvalue weighted by Gasteiger charge is -2.34. The van der Waals surface area contributed by atoms with E-state index in [0.29, 0.717) is 24.6 Å². The lowest BCUT2D eigenvalue weighted by Crippen LogP contribution is -2.48. The predicted octanol–water partition coefficient (Wildman–Crippen LogP) is 2.64. The molecule has 3 rings (SSSR count). The van der Waals surface area contributed by atoms with Crippen molar-refractivity contribution in [2.75, 3.05) is 26.2 Å². The summed E-state index contributed by atoms with van der Waals surface area (Å²) in [6.07, 6.45) is 1.88. The minimum atomic E-state index is -0.124. The van der Waals surface area contributed by atoms with E-state index in [2.05, 4.69) is 41.0 Å². The molecule has 0 aliphatic carbocycles. The minimum absolute atomic E-state index is 0.124. The maximum Gasteiger partial charge on any atom is 0.226 e. The molecule has 8 nitrogen and oxygen atoms in total. The SMILES string of the molecule is Cc1noc(C)c1CN1CCN(C(=O)CCCc2nc(C(C)(C)C)no2)CC1. The fraction of sp³-hybridized carbons (Fsp3) is 0.700. The van der Waals surface area contributed by atoms with Crippen LogP contribution in [0.4, 0.5) is 0 Å². The zero-order valence-electron chi connectivity index (χ0n) is 17.6. The summed E-state index contributed by atoms with van der Waals surface area (Å²) < 4.78 is 10.5. The first-order chi connectivity index (χ1) is 13.2. The third-order valence-corrected chi connectivity index (χ3v) is 5.21. The molecule has 1 aliphatic rings. The Balaban J connectivity index is 1.40. The fourth-order valence-electron chi connectivity index (χ4n) is 3.32. The van der Waals surface area contributed by atoms with Gasteiger partial charge in [0.2, 0.25) is 11.8 Å². The molecule has 1 amide bonds. The summed E-state index contributed by atoms with van der Waals surface area (Å²) in [6, 6.07) is 0. The first kappa shape index (κ1) is 20.5. The molecule has 2 aromatic rings. The van der Waals surface area contributed by atoms with Crippen molar-refractivity contribution in [1.82, 2.24) is 25.1 Å². The normalized spacial score (nSPS) is 16.0. The highest BCUT2D eigenvalue weighted by atomic mass is 16.5. The van der Waals surface area contributed by atoms with Gasteiger partial charge in [0.15, 0.2) is 5.82 Å². The number of amides is 1. The van der Waals surface area contributed by atoms with Crippen molar-refractivity contribution in [3.05, 3.63) is 28.7 Å². The molecule has 0 radical (unpaired) electrons. The van der Waals surface area contributed by atoms with Crippen molar-refractivity contribution in [3.8, 4) is 0 Å². The number of aromatic nitrogens is 3. The topological polar surface area (TPSA) is 88.5 Å². The average molecular weight is 390 g/mol. The Bertz CT molecular complexity index is 778. The number of hydrogen-bond donors (Lipinski definition) is 0. The van der Waals surface area contributed by atoms with Crippen molar-refractivity contribution in [1.29, 1.82) is 0 Å². The maximum atomic E-state index is 12.5. The van der Waals surface area contributed by atoms with Crippen LogP contribution in [-0.4, -0.2) is 57.2 Å². The number of piperazine rings is 1. The zero-order chi connectivity index (χ0) is 20.3. The Morgan fingerprint density at radius 2 is 1.79 bits per heavy atom. The van der Waals surface area contributed by atoms with E-state index in [4.69, 9.17) is 9.05 Å². The monoisotopic (exact) mass is 389 g/mol. The highest BCUT2D eigenvalue weighted by Gasteiger charge is 2.23. The summed E-state index contributed by atoms with van der Waals surface area (Å²) in [5.74, 6) is 2.41. The first-order valence-corrected chi connectivity index (χ1v) is 9.99. The lowest BCUT2D eigenvalue weighted by atomic mass is 9.96. The second-order valence-corrected chi connectivity index (χ2v) is 8.57. The van der Waals surface area contributed by atoms with Gasteiger partial charge in [0, 0.05) is 56.5 Å². The van der Waals surface area contributed by atoms with E-state index in [9.17, 15) is 4.79 Å². The Hall–Kier alpha value is -2.22. The summed E-state index contributed by atoms with van der Waals surface area (Å²) in [4.78, 5) is 21.2. The third kappa shape index (κ3) is 4.98. The van der Waals surface area contributed by atoms with Crippen LogP contribution < -0.4 is 0 Å². The van der Waals surface area contributed by atoms with Crippen molar-refractivity contribution in [3.63, 3.8) is 0 Å². The molecule has 0 atom stereocenters. The largest absolute Gasteiger partial charge is 0.361 e. The maximum absolute atomic E-state index is 12.5. The van der Waals surface area contributed by atoms with Crippen LogP contribution in [0.15, 0.2) is 9.05 Å². The van der Waals surface area contributed by atoms with E-state index in [1.807, 2.05) is 18.7 Å². The molecule has 154 valence electrons. The average Bonchev–Trinajstić information content (AvgIpc) is 3.24. The third-order valence-electron chi connectivity index (χ3n) is 5.21. The quantitative estimate of drug-likeness (QED) is 0.750. The Morgan fingerprint density at radius 3 is 2.36 bits per heavy atom. The van der Waals surface area contributed by atoms with Crippen LogP contribution in [0.25, 0.3) is 0 Å². The molecule has 0 bridgehead atoms. The highest BCUT2D eigenvalue weighted by Crippen LogP contribution is 2.19. The van der Waals surface area contributed by atoms with E-state index in [-0.39, 0.29) is 11.3 Å². The van der Waals surface area contributed by atoms with E-state index in [0.717, 1.165) is 56.2 Å². The number of aryl methyl sites for hydroxylation is 3. The van der Waals surface area contributed by atoms with Crippen molar-refractivity contribution in [2.24, 2.45) is 0 Å². The van der Waals surface area contributed by atoms with Crippen molar-refractivity contribution >= 4 is 5.91 Å². The van der Waals surface area contributed by atoms with Gasteiger partial charge in [0.25, 0.3) is 0 Å². The van der Waals surface area contributed by atoms with E-state index >= 15 is 0 Å². The standard InChI is InChI=1S/C20H31N5O3/c1-14-16(15(2)27-22-14)13-24-9-11-25(12-10-24)18(26)8-6-7-17-21-19(23-28-17)20(3,4)5/h6-13H2,1-5H3. The summed E-state index contributed by atoms with van der Waals surface area (Å²) >= 11 is 0. The molecular weight excluding hydrogens is 358 g/mol. The van der Waals surface area contributed by atoms with Gasteiger partial charge in [-0.3, -0.25) is 9.69 Å². The van der Waals surface area contributed by atoms with Gasteiger partial charge in [0.1, 0.15) is 5.76 Å². The lowest BCUT2D eigenvalue weighted by molar-refractivity contribution is -0.133. The van der Waals surface area contributed by atoms with E-state index in [1.54, 1.807) is 0 Å². The molecule has 0 aromatic carbocycles. The van der Waals surface area contributed by atoms with Crippen LogP contribution in [0.3, 0.4) is 0 Å². The molecular formula is C20H31N5O3. The van der Waals surface area contributed by atoms with Gasteiger partial charge in [-0.2, -0.15) is 4.98 Å². The molecule has 8 heteroatoms. The molecule has 0 spiro atoms. The Labute approximate surface area is 166 Å². The summed E-state index contributed by atoms with van der Waals surface area (Å²) in [6.45, 7) is 14.2. The summed E-state index contributed by atoms with van der Waals surface area (Å²) in [7, 11) is 0. The predicted molar refractivity (Wildman–Crippen MR) is 104 cm³/mol. The van der Waals surface area contributed by atoms with E-state index in [1.165, 1.54) is 0 Å². The molecule has 0 N–H and O–H groups in total. The second-order valence-electron chi connectivity index (χ2n) is 8.57. The van der Waals surface area contributed by atoms with Gasteiger partial charge >= 0.3 is 0 Å². The molecule has 2 aromatic heterocycles. The molecule has 3 heterocycles. The smallest absolute Gasteiger partial charge is 0.226 e. The van der Waals surface area contributed by atoms with Crippen LogP contribution in [0, 0.1) is 13.8 Å². The molecule has 1 fully saturated rings. The Morgan fingerprint density at radius 1 is 1.07 bits per heavy atom. The molecule has 0 unspecified atom stereocenters. The zero-order valence-corrected chi connectivity index (χ0v) is 17.6. The number of carbonyl (C=O) groups is 1. The second kappa shape index (κ2) is 8.43. The molecule has 1 aliphatic heterocycles. The number of carbonyl (C=O) groups excluding carboxylic acids is 1. The number of nitrogens with zero attached hydrogens (tertiary/aromatic N) is 5. The molecule has 0 saturated carbocycles. The Kier molecular flexibility index (Phi) is 6.17. The van der Waals surface area contributed by atoms with Crippen LogP contribution in [0.5, 0.6) is 0 Å². The molecule has 1 saturated heterocycles. The first-order valence-electron chi connectivity index (χ1n) is 9.99. The van der Waals surface area contributed by atoms with Crippen molar-refractivity contribution in [2.45, 2.75) is 65.8 Å². The van der Waals surface area contributed by atoms with Crippen molar-refractivity contribution < 1.29 is 13.8 Å². The summed E-state index contributed by atoms with van der Waals surface area (Å²) in [5, 5.41) is 8.04. The number of hydrogen-bond acceptors (Lipinski definition) is 7. The number of rotatable bonds is 6. The van der Waals surface area contributed by atoms with Crippen LogP contribution >= 0.6 is 0 Å². The van der Waals surface area contributed by atoms with Gasteiger partial charge in [-0.05, 0) is 20.3 Å². The van der Waals surface area contributed by atoms with Gasteiger partial charge in [0.05, 0.1) is 5.69 Å². The van der Waals surface area contributed by atoms with Gasteiger partial charge < -0.3 is 13.9 Å². The van der Waals surface area contributed by atoms with E-state index < -0.39 is 0 Å².